The Morgan fingerprint density at radius 2 is 2.11 bits per heavy atom. The summed E-state index contributed by atoms with van der Waals surface area (Å²) >= 11 is 3.45. The van der Waals surface area contributed by atoms with Crippen molar-refractivity contribution < 1.29 is 4.79 Å². The molecule has 0 bridgehead atoms. The van der Waals surface area contributed by atoms with Gasteiger partial charge >= 0.3 is 0 Å². The number of carbonyl (C=O) groups is 1. The number of halogens is 1. The summed E-state index contributed by atoms with van der Waals surface area (Å²) in [4.78, 5) is 12.1. The Morgan fingerprint density at radius 3 is 2.78 bits per heavy atom. The van der Waals surface area contributed by atoms with Crippen LogP contribution in [0.4, 0.5) is 0 Å². The van der Waals surface area contributed by atoms with Crippen molar-refractivity contribution in [2.45, 2.75) is 52.5 Å². The molecule has 18 heavy (non-hydrogen) atoms. The summed E-state index contributed by atoms with van der Waals surface area (Å²) < 4.78 is 0.980. The fourth-order valence-electron chi connectivity index (χ4n) is 1.93. The minimum absolute atomic E-state index is 0.0257. The number of hydrogen-bond acceptors (Lipinski definition) is 1. The molecule has 0 saturated carbocycles. The molecule has 0 aliphatic rings. The highest BCUT2D eigenvalue weighted by Gasteiger charge is 2.12. The standard InChI is InChI=1S/C15H22BrNO/c1-4-5-6-8-11(2)17-15(18)13-9-7-10-14(16)12(13)3/h7,9-11H,4-6,8H2,1-3H3,(H,17,18). The Bertz CT molecular complexity index is 403. The van der Waals surface area contributed by atoms with E-state index in [1.165, 1.54) is 19.3 Å². The number of benzene rings is 1. The van der Waals surface area contributed by atoms with Crippen LogP contribution >= 0.6 is 15.9 Å². The maximum Gasteiger partial charge on any atom is 0.251 e. The zero-order valence-electron chi connectivity index (χ0n) is 11.4. The Morgan fingerprint density at radius 1 is 1.39 bits per heavy atom. The summed E-state index contributed by atoms with van der Waals surface area (Å²) in [5, 5.41) is 3.06. The molecule has 100 valence electrons. The highest BCUT2D eigenvalue weighted by Crippen LogP contribution is 2.19. The maximum absolute atomic E-state index is 12.1. The van der Waals surface area contributed by atoms with Gasteiger partial charge in [0, 0.05) is 16.1 Å². The first-order valence-corrected chi connectivity index (χ1v) is 7.41. The second kappa shape index (κ2) is 7.57. The van der Waals surface area contributed by atoms with Gasteiger partial charge in [-0.3, -0.25) is 4.79 Å². The fraction of sp³-hybridized carbons (Fsp3) is 0.533. The lowest BCUT2D eigenvalue weighted by molar-refractivity contribution is 0.0937. The van der Waals surface area contributed by atoms with Gasteiger partial charge in [0.1, 0.15) is 0 Å². The number of carbonyl (C=O) groups excluding carboxylic acids is 1. The molecular weight excluding hydrogens is 290 g/mol. The summed E-state index contributed by atoms with van der Waals surface area (Å²) in [6.45, 7) is 6.22. The summed E-state index contributed by atoms with van der Waals surface area (Å²) in [5.41, 5.74) is 1.75. The molecule has 0 saturated heterocycles. The van der Waals surface area contributed by atoms with Crippen molar-refractivity contribution in [3.63, 3.8) is 0 Å². The molecule has 0 aliphatic heterocycles. The number of unbranched alkanes of at least 4 members (excludes halogenated alkanes) is 2. The lowest BCUT2D eigenvalue weighted by atomic mass is 10.1. The third kappa shape index (κ3) is 4.45. The lowest BCUT2D eigenvalue weighted by Gasteiger charge is -2.15. The number of nitrogens with one attached hydrogen (secondary N) is 1. The van der Waals surface area contributed by atoms with Crippen molar-refractivity contribution in [3.8, 4) is 0 Å². The van der Waals surface area contributed by atoms with Crippen molar-refractivity contribution in [3.05, 3.63) is 33.8 Å². The summed E-state index contributed by atoms with van der Waals surface area (Å²) in [7, 11) is 0. The smallest absolute Gasteiger partial charge is 0.251 e. The van der Waals surface area contributed by atoms with E-state index in [2.05, 4.69) is 35.1 Å². The summed E-state index contributed by atoms with van der Waals surface area (Å²) in [5.74, 6) is 0.0257. The van der Waals surface area contributed by atoms with Gasteiger partial charge in [-0.15, -0.1) is 0 Å². The first-order valence-electron chi connectivity index (χ1n) is 6.62. The van der Waals surface area contributed by atoms with Crippen LogP contribution in [0.25, 0.3) is 0 Å². The van der Waals surface area contributed by atoms with Gasteiger partial charge in [-0.25, -0.2) is 0 Å². The molecule has 1 rings (SSSR count). The molecule has 1 amide bonds. The third-order valence-corrected chi connectivity index (χ3v) is 3.99. The normalized spacial score (nSPS) is 12.2. The molecule has 1 atom stereocenters. The van der Waals surface area contributed by atoms with Crippen LogP contribution in [0.15, 0.2) is 22.7 Å². The van der Waals surface area contributed by atoms with Crippen LogP contribution in [0.3, 0.4) is 0 Å². The van der Waals surface area contributed by atoms with E-state index in [1.54, 1.807) is 0 Å². The van der Waals surface area contributed by atoms with Gasteiger partial charge in [0.05, 0.1) is 0 Å². The van der Waals surface area contributed by atoms with E-state index < -0.39 is 0 Å². The fourth-order valence-corrected chi connectivity index (χ4v) is 2.29. The monoisotopic (exact) mass is 311 g/mol. The van der Waals surface area contributed by atoms with Gasteiger partial charge in [0.25, 0.3) is 5.91 Å². The minimum atomic E-state index is 0.0257. The average Bonchev–Trinajstić information content (AvgIpc) is 2.32. The third-order valence-electron chi connectivity index (χ3n) is 3.13. The van der Waals surface area contributed by atoms with Crippen LogP contribution < -0.4 is 5.32 Å². The number of amides is 1. The van der Waals surface area contributed by atoms with E-state index in [0.29, 0.717) is 0 Å². The number of hydrogen-bond donors (Lipinski definition) is 1. The largest absolute Gasteiger partial charge is 0.350 e. The highest BCUT2D eigenvalue weighted by molar-refractivity contribution is 9.10. The average molecular weight is 312 g/mol. The first-order chi connectivity index (χ1) is 8.56. The van der Waals surface area contributed by atoms with E-state index in [0.717, 1.165) is 22.0 Å². The van der Waals surface area contributed by atoms with Crippen LogP contribution in [0.5, 0.6) is 0 Å². The molecule has 0 aromatic heterocycles. The van der Waals surface area contributed by atoms with Gasteiger partial charge < -0.3 is 5.32 Å². The molecule has 0 radical (unpaired) electrons. The molecule has 1 N–H and O–H groups in total. The van der Waals surface area contributed by atoms with Crippen LogP contribution in [-0.4, -0.2) is 11.9 Å². The lowest BCUT2D eigenvalue weighted by Crippen LogP contribution is -2.32. The Kier molecular flexibility index (Phi) is 6.41. The van der Waals surface area contributed by atoms with E-state index in [9.17, 15) is 4.79 Å². The van der Waals surface area contributed by atoms with E-state index in [4.69, 9.17) is 0 Å². The molecule has 0 heterocycles. The maximum atomic E-state index is 12.1. The van der Waals surface area contributed by atoms with Gasteiger partial charge in [-0.05, 0) is 38.0 Å². The molecule has 1 aromatic carbocycles. The molecule has 0 spiro atoms. The predicted molar refractivity (Wildman–Crippen MR) is 79.9 cm³/mol. The van der Waals surface area contributed by atoms with E-state index >= 15 is 0 Å². The molecule has 0 aliphatic carbocycles. The van der Waals surface area contributed by atoms with Gasteiger partial charge in [-0.2, -0.15) is 0 Å². The molecule has 2 nitrogen and oxygen atoms in total. The van der Waals surface area contributed by atoms with Crippen molar-refractivity contribution in [1.82, 2.24) is 5.32 Å². The second-order valence-electron chi connectivity index (χ2n) is 4.78. The topological polar surface area (TPSA) is 29.1 Å². The molecule has 1 unspecified atom stereocenters. The molecular formula is C15H22BrNO. The Labute approximate surface area is 118 Å². The van der Waals surface area contributed by atoms with Crippen LogP contribution in [0.1, 0.15) is 55.5 Å². The van der Waals surface area contributed by atoms with E-state index in [-0.39, 0.29) is 11.9 Å². The van der Waals surface area contributed by atoms with Crippen LogP contribution in [-0.2, 0) is 0 Å². The second-order valence-corrected chi connectivity index (χ2v) is 5.64. The molecule has 1 aromatic rings. The Hall–Kier alpha value is -0.830. The van der Waals surface area contributed by atoms with Crippen molar-refractivity contribution in [2.75, 3.05) is 0 Å². The van der Waals surface area contributed by atoms with Crippen LogP contribution in [0, 0.1) is 6.92 Å². The van der Waals surface area contributed by atoms with Gasteiger partial charge in [0.15, 0.2) is 0 Å². The highest BCUT2D eigenvalue weighted by atomic mass is 79.9. The summed E-state index contributed by atoms with van der Waals surface area (Å²) in [6.07, 6.45) is 4.67. The van der Waals surface area contributed by atoms with Crippen molar-refractivity contribution >= 4 is 21.8 Å². The summed E-state index contributed by atoms with van der Waals surface area (Å²) in [6, 6.07) is 5.96. The zero-order chi connectivity index (χ0) is 13.5. The van der Waals surface area contributed by atoms with Gasteiger partial charge in [-0.1, -0.05) is 48.2 Å². The van der Waals surface area contributed by atoms with Gasteiger partial charge in [0.2, 0.25) is 0 Å². The van der Waals surface area contributed by atoms with Crippen molar-refractivity contribution in [2.24, 2.45) is 0 Å². The quantitative estimate of drug-likeness (QED) is 0.772. The van der Waals surface area contributed by atoms with Crippen LogP contribution in [0.2, 0.25) is 0 Å². The SMILES string of the molecule is CCCCCC(C)NC(=O)c1cccc(Br)c1C. The number of rotatable bonds is 6. The molecule has 0 fully saturated rings. The zero-order valence-corrected chi connectivity index (χ0v) is 13.0. The first kappa shape index (κ1) is 15.2. The molecule has 3 heteroatoms. The predicted octanol–water partition coefficient (Wildman–Crippen LogP) is 4.46. The van der Waals surface area contributed by atoms with E-state index in [1.807, 2.05) is 25.1 Å². The Balaban J connectivity index is 2.57. The minimum Gasteiger partial charge on any atom is -0.350 e. The van der Waals surface area contributed by atoms with Crippen molar-refractivity contribution in [1.29, 1.82) is 0 Å².